The van der Waals surface area contributed by atoms with Gasteiger partial charge in [0.25, 0.3) is 0 Å². The lowest BCUT2D eigenvalue weighted by molar-refractivity contribution is 0.388. The predicted molar refractivity (Wildman–Crippen MR) is 55.2 cm³/mol. The Balaban J connectivity index is 2.35. The van der Waals surface area contributed by atoms with Crippen molar-refractivity contribution >= 4 is 0 Å². The minimum Gasteiger partial charge on any atom is -0.324 e. The summed E-state index contributed by atoms with van der Waals surface area (Å²) in [5.41, 5.74) is 7.54. The second kappa shape index (κ2) is 3.70. The van der Waals surface area contributed by atoms with Crippen molar-refractivity contribution in [2.45, 2.75) is 13.0 Å². The van der Waals surface area contributed by atoms with Crippen LogP contribution in [0.3, 0.4) is 0 Å². The van der Waals surface area contributed by atoms with Gasteiger partial charge in [-0.15, -0.1) is 0 Å². The van der Waals surface area contributed by atoms with Crippen LogP contribution in [0.5, 0.6) is 0 Å². The van der Waals surface area contributed by atoms with E-state index in [1.54, 1.807) is 0 Å². The zero-order valence-electron chi connectivity index (χ0n) is 8.23. The molecule has 1 aromatic carbocycles. The van der Waals surface area contributed by atoms with Gasteiger partial charge in [0.05, 0.1) is 0 Å². The standard InChI is InChI=1S/C10H11N3O2/c1-6(11)7-2-4-8(5-3-7)9-12-10(14)15-13-9/h2-6H,11H2,1H3,(H,12,13,14)/t6-/m0/s1. The highest BCUT2D eigenvalue weighted by molar-refractivity contribution is 5.54. The summed E-state index contributed by atoms with van der Waals surface area (Å²) in [4.78, 5) is 13.2. The number of hydrogen-bond donors (Lipinski definition) is 2. The van der Waals surface area contributed by atoms with Gasteiger partial charge in [-0.25, -0.2) is 4.79 Å². The van der Waals surface area contributed by atoms with E-state index in [-0.39, 0.29) is 6.04 Å². The number of hydrogen-bond acceptors (Lipinski definition) is 4. The molecule has 0 aliphatic heterocycles. The van der Waals surface area contributed by atoms with Crippen molar-refractivity contribution in [1.82, 2.24) is 10.1 Å². The van der Waals surface area contributed by atoms with Crippen molar-refractivity contribution in [3.05, 3.63) is 40.4 Å². The van der Waals surface area contributed by atoms with Crippen molar-refractivity contribution in [1.29, 1.82) is 0 Å². The van der Waals surface area contributed by atoms with Crippen LogP contribution >= 0.6 is 0 Å². The molecule has 0 saturated heterocycles. The van der Waals surface area contributed by atoms with Gasteiger partial charge in [0.15, 0.2) is 5.82 Å². The minimum atomic E-state index is -0.554. The molecule has 2 rings (SSSR count). The Hall–Kier alpha value is -1.88. The molecule has 1 atom stereocenters. The van der Waals surface area contributed by atoms with Crippen LogP contribution in [-0.2, 0) is 0 Å². The number of nitrogens with one attached hydrogen (secondary N) is 1. The fourth-order valence-electron chi connectivity index (χ4n) is 1.30. The molecule has 2 aromatic rings. The zero-order chi connectivity index (χ0) is 10.8. The maximum Gasteiger partial charge on any atom is 0.439 e. The molecule has 0 bridgehead atoms. The van der Waals surface area contributed by atoms with Crippen molar-refractivity contribution in [2.24, 2.45) is 5.73 Å². The zero-order valence-corrected chi connectivity index (χ0v) is 8.23. The van der Waals surface area contributed by atoms with E-state index in [1.807, 2.05) is 31.2 Å². The highest BCUT2D eigenvalue weighted by atomic mass is 16.5. The van der Waals surface area contributed by atoms with Crippen LogP contribution < -0.4 is 11.5 Å². The second-order valence-corrected chi connectivity index (χ2v) is 3.35. The van der Waals surface area contributed by atoms with Crippen LogP contribution in [0.1, 0.15) is 18.5 Å². The first-order valence-electron chi connectivity index (χ1n) is 4.59. The molecule has 0 aliphatic rings. The topological polar surface area (TPSA) is 84.9 Å². The number of rotatable bonds is 2. The Morgan fingerprint density at radius 3 is 2.53 bits per heavy atom. The van der Waals surface area contributed by atoms with Crippen LogP contribution in [0, 0.1) is 0 Å². The normalized spacial score (nSPS) is 12.7. The molecule has 78 valence electrons. The average molecular weight is 205 g/mol. The molecular formula is C10H11N3O2. The average Bonchev–Trinajstić information content (AvgIpc) is 2.65. The van der Waals surface area contributed by atoms with E-state index in [9.17, 15) is 4.79 Å². The molecule has 5 heteroatoms. The van der Waals surface area contributed by atoms with Crippen LogP contribution in [0.2, 0.25) is 0 Å². The first-order chi connectivity index (χ1) is 7.16. The largest absolute Gasteiger partial charge is 0.439 e. The Bertz CT molecular complexity index is 496. The first kappa shape index (κ1) is 9.67. The van der Waals surface area contributed by atoms with E-state index >= 15 is 0 Å². The molecule has 1 aromatic heterocycles. The Labute approximate surface area is 85.9 Å². The smallest absolute Gasteiger partial charge is 0.324 e. The highest BCUT2D eigenvalue weighted by Crippen LogP contribution is 2.16. The van der Waals surface area contributed by atoms with Crippen LogP contribution in [0.25, 0.3) is 11.4 Å². The van der Waals surface area contributed by atoms with Gasteiger partial charge in [-0.3, -0.25) is 9.51 Å². The van der Waals surface area contributed by atoms with E-state index in [0.29, 0.717) is 5.82 Å². The predicted octanol–water partition coefficient (Wildman–Crippen LogP) is 1.05. The van der Waals surface area contributed by atoms with Crippen molar-refractivity contribution in [3.63, 3.8) is 0 Å². The molecule has 0 fully saturated rings. The molecule has 15 heavy (non-hydrogen) atoms. The highest BCUT2D eigenvalue weighted by Gasteiger charge is 2.04. The third-order valence-electron chi connectivity index (χ3n) is 2.15. The first-order valence-corrected chi connectivity index (χ1v) is 4.59. The number of nitrogens with two attached hydrogens (primary N) is 1. The van der Waals surface area contributed by atoms with E-state index in [4.69, 9.17) is 5.73 Å². The summed E-state index contributed by atoms with van der Waals surface area (Å²) in [6.45, 7) is 1.91. The van der Waals surface area contributed by atoms with Crippen LogP contribution in [0.4, 0.5) is 0 Å². The molecule has 0 radical (unpaired) electrons. The van der Waals surface area contributed by atoms with E-state index in [2.05, 4.69) is 14.7 Å². The monoisotopic (exact) mass is 205 g/mol. The lowest BCUT2D eigenvalue weighted by atomic mass is 10.1. The molecule has 0 aliphatic carbocycles. The Morgan fingerprint density at radius 1 is 1.40 bits per heavy atom. The maximum atomic E-state index is 10.7. The van der Waals surface area contributed by atoms with Gasteiger partial charge in [-0.05, 0) is 12.5 Å². The number of nitrogens with zero attached hydrogens (tertiary/aromatic N) is 1. The molecule has 1 heterocycles. The van der Waals surface area contributed by atoms with Crippen LogP contribution in [-0.4, -0.2) is 10.1 Å². The fraction of sp³-hybridized carbons (Fsp3) is 0.200. The van der Waals surface area contributed by atoms with Gasteiger partial charge >= 0.3 is 5.76 Å². The molecular weight excluding hydrogens is 194 g/mol. The Morgan fingerprint density at radius 2 is 2.07 bits per heavy atom. The molecule has 0 amide bonds. The fourth-order valence-corrected chi connectivity index (χ4v) is 1.30. The Kier molecular flexibility index (Phi) is 2.39. The summed E-state index contributed by atoms with van der Waals surface area (Å²) in [6.07, 6.45) is 0. The summed E-state index contributed by atoms with van der Waals surface area (Å²) in [5.74, 6) is -0.127. The van der Waals surface area contributed by atoms with Gasteiger partial charge in [-0.2, -0.15) is 0 Å². The summed E-state index contributed by atoms with van der Waals surface area (Å²) in [5, 5.41) is 3.59. The quantitative estimate of drug-likeness (QED) is 0.767. The lowest BCUT2D eigenvalue weighted by Gasteiger charge is -2.04. The molecule has 5 nitrogen and oxygen atoms in total. The van der Waals surface area contributed by atoms with Gasteiger partial charge in [0.2, 0.25) is 0 Å². The summed E-state index contributed by atoms with van der Waals surface area (Å²) >= 11 is 0. The van der Waals surface area contributed by atoms with Gasteiger partial charge < -0.3 is 5.73 Å². The number of aromatic nitrogens is 2. The van der Waals surface area contributed by atoms with Crippen molar-refractivity contribution in [3.8, 4) is 11.4 Å². The molecule has 3 N–H and O–H groups in total. The van der Waals surface area contributed by atoms with Crippen LogP contribution in [0.15, 0.2) is 33.6 Å². The van der Waals surface area contributed by atoms with Crippen molar-refractivity contribution < 1.29 is 4.52 Å². The van der Waals surface area contributed by atoms with E-state index < -0.39 is 5.76 Å². The molecule has 0 saturated carbocycles. The van der Waals surface area contributed by atoms with Crippen molar-refractivity contribution in [2.75, 3.05) is 0 Å². The number of benzene rings is 1. The lowest BCUT2D eigenvalue weighted by Crippen LogP contribution is -2.04. The maximum absolute atomic E-state index is 10.7. The SMILES string of the molecule is C[C@H](N)c1ccc(-c2noc(=O)[nH]2)cc1. The number of H-pyrrole nitrogens is 1. The third-order valence-corrected chi connectivity index (χ3v) is 2.15. The summed E-state index contributed by atoms with van der Waals surface area (Å²) < 4.78 is 4.41. The van der Waals surface area contributed by atoms with Gasteiger partial charge in [-0.1, -0.05) is 29.4 Å². The van der Waals surface area contributed by atoms with E-state index in [1.165, 1.54) is 0 Å². The molecule has 0 unspecified atom stereocenters. The summed E-state index contributed by atoms with van der Waals surface area (Å²) in [7, 11) is 0. The van der Waals surface area contributed by atoms with E-state index in [0.717, 1.165) is 11.1 Å². The van der Waals surface area contributed by atoms with Gasteiger partial charge in [0, 0.05) is 11.6 Å². The van der Waals surface area contributed by atoms with Gasteiger partial charge in [0.1, 0.15) is 0 Å². The minimum absolute atomic E-state index is 0.00425. The summed E-state index contributed by atoms with van der Waals surface area (Å²) in [6, 6.07) is 7.47. The number of aromatic amines is 1. The second-order valence-electron chi connectivity index (χ2n) is 3.35. The third kappa shape index (κ3) is 1.97. The molecule has 0 spiro atoms.